The van der Waals surface area contributed by atoms with Crippen LogP contribution in [0.4, 0.5) is 5.82 Å². The molecule has 25 heavy (non-hydrogen) atoms. The fourth-order valence-corrected chi connectivity index (χ4v) is 2.22. The maximum absolute atomic E-state index is 9.79. The van der Waals surface area contributed by atoms with Crippen LogP contribution in [0.5, 0.6) is 0 Å². The second-order valence-electron chi connectivity index (χ2n) is 5.64. The molecule has 0 spiro atoms. The summed E-state index contributed by atoms with van der Waals surface area (Å²) >= 11 is 0. The summed E-state index contributed by atoms with van der Waals surface area (Å²) in [4.78, 5) is 18.7. The predicted octanol–water partition coefficient (Wildman–Crippen LogP) is 3.09. The van der Waals surface area contributed by atoms with E-state index in [-0.39, 0.29) is 0 Å². The lowest BCUT2D eigenvalue weighted by Crippen LogP contribution is -2.10. The third-order valence-corrected chi connectivity index (χ3v) is 3.88. The van der Waals surface area contributed by atoms with Gasteiger partial charge in [0, 0.05) is 31.4 Å². The molecule has 1 saturated carbocycles. The van der Waals surface area contributed by atoms with E-state index in [9.17, 15) is 4.79 Å². The molecule has 1 aliphatic carbocycles. The minimum atomic E-state index is 0.435. The molecule has 1 fully saturated rings. The van der Waals surface area contributed by atoms with E-state index in [0.717, 1.165) is 31.4 Å². The Morgan fingerprint density at radius 1 is 1.44 bits per heavy atom. The fraction of sp³-hybridized carbons (Fsp3) is 0.444. The Labute approximate surface area is 148 Å². The number of ether oxygens (including phenoxy) is 1. The van der Waals surface area contributed by atoms with Gasteiger partial charge in [0.15, 0.2) is 17.4 Å². The van der Waals surface area contributed by atoms with Crippen LogP contribution < -0.4 is 5.32 Å². The van der Waals surface area contributed by atoms with Crippen LogP contribution in [-0.4, -0.2) is 40.2 Å². The van der Waals surface area contributed by atoms with Crippen LogP contribution in [0.25, 0.3) is 11.6 Å². The average molecular weight is 343 g/mol. The van der Waals surface area contributed by atoms with Crippen LogP contribution in [0.1, 0.15) is 38.4 Å². The number of allylic oxidation sites excluding steroid dienone is 1. The predicted molar refractivity (Wildman–Crippen MR) is 97.4 cm³/mol. The standard InChI is InChI=1S/C13H17N5O.C5H8O/c1-4-6-10(19-3)13-16-11(14-2)9-12(17-13)18-8-5-7-15-18;6-4-5-2-1-3-5/h5-9H,4H2,1-3H3,(H,14,16,17);4-5H,1-3H2/b10-6-;. The van der Waals surface area contributed by atoms with E-state index >= 15 is 0 Å². The SMILES string of the molecule is CC/C=C(\OC)c1nc(NC)cc(-n2cccn2)n1.O=CC1CCC1. The van der Waals surface area contributed by atoms with Crippen molar-refractivity contribution in [2.45, 2.75) is 32.6 Å². The van der Waals surface area contributed by atoms with Gasteiger partial charge in [-0.05, 0) is 31.4 Å². The number of nitrogens with one attached hydrogen (secondary N) is 1. The molecule has 3 rings (SSSR count). The lowest BCUT2D eigenvalue weighted by atomic mass is 9.87. The molecular weight excluding hydrogens is 318 g/mol. The molecule has 0 radical (unpaired) electrons. The highest BCUT2D eigenvalue weighted by atomic mass is 16.5. The third-order valence-electron chi connectivity index (χ3n) is 3.88. The maximum atomic E-state index is 9.79. The van der Waals surface area contributed by atoms with Crippen molar-refractivity contribution in [1.29, 1.82) is 0 Å². The topological polar surface area (TPSA) is 81.9 Å². The van der Waals surface area contributed by atoms with Gasteiger partial charge in [0.1, 0.15) is 12.1 Å². The van der Waals surface area contributed by atoms with Crippen molar-refractivity contribution in [2.75, 3.05) is 19.5 Å². The second kappa shape index (κ2) is 9.56. The number of anilines is 1. The molecular formula is C18H25N5O2. The summed E-state index contributed by atoms with van der Waals surface area (Å²) in [5, 5.41) is 7.19. The normalized spacial score (nSPS) is 14.1. The molecule has 7 nitrogen and oxygen atoms in total. The zero-order valence-electron chi connectivity index (χ0n) is 15.0. The number of nitrogens with zero attached hydrogens (tertiary/aromatic N) is 4. The summed E-state index contributed by atoms with van der Waals surface area (Å²) in [6.45, 7) is 2.04. The number of aromatic nitrogens is 4. The Kier molecular flexibility index (Phi) is 7.13. The van der Waals surface area contributed by atoms with Gasteiger partial charge in [-0.25, -0.2) is 14.6 Å². The average Bonchev–Trinajstić information content (AvgIpc) is 3.13. The molecule has 2 heterocycles. The van der Waals surface area contributed by atoms with E-state index in [4.69, 9.17) is 4.74 Å². The Balaban J connectivity index is 0.000000316. The van der Waals surface area contributed by atoms with Crippen LogP contribution in [0.3, 0.4) is 0 Å². The maximum Gasteiger partial charge on any atom is 0.198 e. The molecule has 2 aromatic heterocycles. The van der Waals surface area contributed by atoms with Crippen LogP contribution in [0, 0.1) is 5.92 Å². The number of hydrogen-bond donors (Lipinski definition) is 1. The van der Waals surface area contributed by atoms with Crippen LogP contribution in [-0.2, 0) is 9.53 Å². The van der Waals surface area contributed by atoms with Crippen molar-refractivity contribution in [1.82, 2.24) is 19.7 Å². The van der Waals surface area contributed by atoms with Gasteiger partial charge in [-0.2, -0.15) is 5.10 Å². The fourth-order valence-electron chi connectivity index (χ4n) is 2.22. The first-order chi connectivity index (χ1) is 12.2. The first-order valence-electron chi connectivity index (χ1n) is 8.48. The molecule has 1 aliphatic rings. The Morgan fingerprint density at radius 2 is 2.24 bits per heavy atom. The quantitative estimate of drug-likeness (QED) is 0.641. The molecule has 0 aromatic carbocycles. The first-order valence-corrected chi connectivity index (χ1v) is 8.48. The molecule has 0 amide bonds. The van der Waals surface area contributed by atoms with Gasteiger partial charge in [0.25, 0.3) is 0 Å². The highest BCUT2D eigenvalue weighted by Gasteiger charge is 2.14. The molecule has 0 unspecified atom stereocenters. The Bertz CT molecular complexity index is 693. The summed E-state index contributed by atoms with van der Waals surface area (Å²) in [6, 6.07) is 3.68. The number of rotatable bonds is 6. The molecule has 134 valence electrons. The Hall–Kier alpha value is -2.70. The highest BCUT2D eigenvalue weighted by Crippen LogP contribution is 2.23. The lowest BCUT2D eigenvalue weighted by molar-refractivity contribution is -0.113. The summed E-state index contributed by atoms with van der Waals surface area (Å²) < 4.78 is 7.01. The number of carbonyl (C=O) groups is 1. The highest BCUT2D eigenvalue weighted by molar-refractivity contribution is 5.56. The van der Waals surface area contributed by atoms with E-state index < -0.39 is 0 Å². The molecule has 0 bridgehead atoms. The molecule has 2 aromatic rings. The van der Waals surface area contributed by atoms with Crippen molar-refractivity contribution < 1.29 is 9.53 Å². The number of methoxy groups -OCH3 is 1. The van der Waals surface area contributed by atoms with Crippen LogP contribution >= 0.6 is 0 Å². The van der Waals surface area contributed by atoms with Crippen LogP contribution in [0.2, 0.25) is 0 Å². The summed E-state index contributed by atoms with van der Waals surface area (Å²) in [5.74, 6) is 3.05. The van der Waals surface area contributed by atoms with Gasteiger partial charge in [0.05, 0.1) is 7.11 Å². The zero-order chi connectivity index (χ0) is 18.1. The third kappa shape index (κ3) is 5.14. The summed E-state index contributed by atoms with van der Waals surface area (Å²) in [6.07, 6.45) is 11.0. The molecule has 0 saturated heterocycles. The minimum Gasteiger partial charge on any atom is -0.493 e. The summed E-state index contributed by atoms with van der Waals surface area (Å²) in [7, 11) is 3.43. The summed E-state index contributed by atoms with van der Waals surface area (Å²) in [5.41, 5.74) is 0. The van der Waals surface area contributed by atoms with Gasteiger partial charge >= 0.3 is 0 Å². The molecule has 1 N–H and O–H groups in total. The van der Waals surface area contributed by atoms with E-state index in [1.54, 1.807) is 18.0 Å². The van der Waals surface area contributed by atoms with Crippen molar-refractivity contribution in [3.63, 3.8) is 0 Å². The van der Waals surface area contributed by atoms with Crippen LogP contribution in [0.15, 0.2) is 30.6 Å². The van der Waals surface area contributed by atoms with Crippen molar-refractivity contribution in [3.05, 3.63) is 36.4 Å². The second-order valence-corrected chi connectivity index (χ2v) is 5.64. The number of aldehydes is 1. The largest absolute Gasteiger partial charge is 0.493 e. The van der Waals surface area contributed by atoms with Gasteiger partial charge in [0.2, 0.25) is 0 Å². The lowest BCUT2D eigenvalue weighted by Gasteiger charge is -2.17. The smallest absolute Gasteiger partial charge is 0.198 e. The monoisotopic (exact) mass is 343 g/mol. The van der Waals surface area contributed by atoms with Gasteiger partial charge < -0.3 is 14.8 Å². The van der Waals surface area contributed by atoms with Crippen molar-refractivity contribution >= 4 is 17.9 Å². The van der Waals surface area contributed by atoms with Gasteiger partial charge in [-0.3, -0.25) is 0 Å². The molecule has 7 heteroatoms. The van der Waals surface area contributed by atoms with Crippen molar-refractivity contribution in [3.8, 4) is 5.82 Å². The van der Waals surface area contributed by atoms with E-state index in [1.165, 1.54) is 6.42 Å². The molecule has 0 atom stereocenters. The first kappa shape index (κ1) is 18.6. The molecule has 0 aliphatic heterocycles. The van der Waals surface area contributed by atoms with Crippen molar-refractivity contribution in [2.24, 2.45) is 5.92 Å². The Morgan fingerprint density at radius 3 is 2.68 bits per heavy atom. The van der Waals surface area contributed by atoms with Gasteiger partial charge in [-0.15, -0.1) is 0 Å². The zero-order valence-corrected chi connectivity index (χ0v) is 15.0. The van der Waals surface area contributed by atoms with Gasteiger partial charge in [-0.1, -0.05) is 13.3 Å². The van der Waals surface area contributed by atoms with E-state index in [2.05, 4.69) is 20.4 Å². The van der Waals surface area contributed by atoms with E-state index in [1.807, 2.05) is 38.4 Å². The minimum absolute atomic E-state index is 0.435. The van der Waals surface area contributed by atoms with E-state index in [0.29, 0.717) is 23.3 Å². The number of hydrogen-bond acceptors (Lipinski definition) is 6. The number of carbonyl (C=O) groups excluding carboxylic acids is 1.